The molecule has 0 radical (unpaired) electrons. The van der Waals surface area contributed by atoms with Crippen LogP contribution in [-0.4, -0.2) is 85.4 Å². The van der Waals surface area contributed by atoms with Crippen molar-refractivity contribution in [1.29, 1.82) is 0 Å². The highest BCUT2D eigenvalue weighted by Crippen LogP contribution is 2.31. The molecule has 10 heteroatoms. The molecule has 0 atom stereocenters. The predicted molar refractivity (Wildman–Crippen MR) is 131 cm³/mol. The van der Waals surface area contributed by atoms with Crippen LogP contribution in [0.1, 0.15) is 25.8 Å². The second-order valence-electron chi connectivity index (χ2n) is 9.14. The zero-order chi connectivity index (χ0) is 23.1. The lowest BCUT2D eigenvalue weighted by Crippen LogP contribution is -2.37. The van der Waals surface area contributed by atoms with Crippen molar-refractivity contribution in [3.05, 3.63) is 30.9 Å². The lowest BCUT2D eigenvalue weighted by Gasteiger charge is -2.31. The van der Waals surface area contributed by atoms with Crippen molar-refractivity contribution in [2.75, 3.05) is 50.8 Å². The third kappa shape index (κ3) is 3.86. The molecule has 1 N–H and O–H groups in total. The molecule has 0 aromatic carbocycles. The lowest BCUT2D eigenvalue weighted by molar-refractivity contribution is 0.122. The molecule has 2 aliphatic rings. The molecule has 2 saturated heterocycles. The molecule has 2 fully saturated rings. The van der Waals surface area contributed by atoms with Gasteiger partial charge in [-0.3, -0.25) is 9.36 Å². The number of aryl methyl sites for hydroxylation is 1. The standard InChI is InChI=1S/C24H31N9O/c1-3-31-6-4-18(5-7-31)33-16-17(13-27-33)19-14-25-24-23(19)28-21(15-26-24)20-12-22(30(2)29-20)32-8-10-34-11-9-32/h12-16,18H,3-11H2,1-2H3,(H,25,26). The Balaban J connectivity index is 1.28. The summed E-state index contributed by atoms with van der Waals surface area (Å²) in [6.45, 7) is 8.84. The minimum atomic E-state index is 0.454. The van der Waals surface area contributed by atoms with Crippen molar-refractivity contribution in [2.45, 2.75) is 25.8 Å². The van der Waals surface area contributed by atoms with Crippen LogP contribution >= 0.6 is 0 Å². The van der Waals surface area contributed by atoms with E-state index in [-0.39, 0.29) is 0 Å². The summed E-state index contributed by atoms with van der Waals surface area (Å²) in [4.78, 5) is 17.7. The van der Waals surface area contributed by atoms with E-state index < -0.39 is 0 Å². The average Bonchev–Trinajstić information content (AvgIpc) is 3.62. The first kappa shape index (κ1) is 21.3. The summed E-state index contributed by atoms with van der Waals surface area (Å²) in [5.41, 5.74) is 5.28. The Morgan fingerprint density at radius 1 is 1.09 bits per heavy atom. The SMILES string of the molecule is CCN1CCC(n2cc(-c3c[nH]c4ncc(-c5cc(N6CCOCC6)n(C)n5)nc34)cn2)CC1. The van der Waals surface area contributed by atoms with Crippen LogP contribution < -0.4 is 4.90 Å². The second kappa shape index (κ2) is 8.84. The first-order valence-electron chi connectivity index (χ1n) is 12.2. The van der Waals surface area contributed by atoms with Gasteiger partial charge in [-0.25, -0.2) is 9.97 Å². The fraction of sp³-hybridized carbons (Fsp3) is 0.500. The minimum absolute atomic E-state index is 0.454. The van der Waals surface area contributed by atoms with Gasteiger partial charge >= 0.3 is 0 Å². The van der Waals surface area contributed by atoms with Crippen molar-refractivity contribution >= 4 is 17.0 Å². The minimum Gasteiger partial charge on any atom is -0.378 e. The fourth-order valence-corrected chi connectivity index (χ4v) is 5.08. The van der Waals surface area contributed by atoms with Crippen molar-refractivity contribution in [3.8, 4) is 22.5 Å². The molecule has 0 saturated carbocycles. The zero-order valence-corrected chi connectivity index (χ0v) is 19.8. The number of likely N-dealkylation sites (tertiary alicyclic amines) is 1. The first-order chi connectivity index (χ1) is 16.7. The Kier molecular flexibility index (Phi) is 5.54. The zero-order valence-electron chi connectivity index (χ0n) is 19.8. The lowest BCUT2D eigenvalue weighted by atomic mass is 10.1. The maximum atomic E-state index is 5.49. The fourth-order valence-electron chi connectivity index (χ4n) is 5.08. The maximum Gasteiger partial charge on any atom is 0.156 e. The van der Waals surface area contributed by atoms with E-state index in [9.17, 15) is 0 Å². The molecular formula is C24H31N9O. The van der Waals surface area contributed by atoms with E-state index in [4.69, 9.17) is 19.9 Å². The highest BCUT2D eigenvalue weighted by atomic mass is 16.5. The molecular weight excluding hydrogens is 430 g/mol. The number of fused-ring (bicyclic) bond motifs is 1. The number of anilines is 1. The Morgan fingerprint density at radius 2 is 1.91 bits per heavy atom. The van der Waals surface area contributed by atoms with Crippen LogP contribution in [0.4, 0.5) is 5.82 Å². The molecule has 0 spiro atoms. The van der Waals surface area contributed by atoms with Gasteiger partial charge in [-0.1, -0.05) is 6.92 Å². The summed E-state index contributed by atoms with van der Waals surface area (Å²) in [6, 6.07) is 2.55. The van der Waals surface area contributed by atoms with E-state index in [2.05, 4.69) is 43.6 Å². The number of aromatic amines is 1. The molecule has 2 aliphatic heterocycles. The van der Waals surface area contributed by atoms with Gasteiger partial charge in [0.15, 0.2) is 5.65 Å². The summed E-state index contributed by atoms with van der Waals surface area (Å²) in [7, 11) is 1.97. The van der Waals surface area contributed by atoms with E-state index in [1.165, 1.54) is 0 Å². The number of rotatable bonds is 5. The van der Waals surface area contributed by atoms with Gasteiger partial charge in [-0.15, -0.1) is 0 Å². The molecule has 4 aromatic rings. The van der Waals surface area contributed by atoms with Crippen LogP contribution in [0, 0.1) is 0 Å². The van der Waals surface area contributed by atoms with Crippen molar-refractivity contribution in [1.82, 2.24) is 39.4 Å². The number of nitrogens with zero attached hydrogens (tertiary/aromatic N) is 8. The summed E-state index contributed by atoms with van der Waals surface area (Å²) in [6.07, 6.45) is 10.1. The van der Waals surface area contributed by atoms with Crippen LogP contribution in [0.2, 0.25) is 0 Å². The molecule has 0 bridgehead atoms. The number of nitrogens with one attached hydrogen (secondary N) is 1. The molecule has 0 aliphatic carbocycles. The number of morpholine rings is 1. The third-order valence-corrected chi connectivity index (χ3v) is 7.12. The van der Waals surface area contributed by atoms with E-state index in [1.807, 2.05) is 24.1 Å². The number of ether oxygens (including phenoxy) is 1. The Morgan fingerprint density at radius 3 is 2.71 bits per heavy atom. The topological polar surface area (TPSA) is 92.9 Å². The van der Waals surface area contributed by atoms with Crippen molar-refractivity contribution in [2.24, 2.45) is 7.05 Å². The second-order valence-corrected chi connectivity index (χ2v) is 9.14. The molecule has 0 unspecified atom stereocenters. The normalized spacial score (nSPS) is 18.2. The summed E-state index contributed by atoms with van der Waals surface area (Å²) < 4.78 is 9.54. The molecule has 6 heterocycles. The number of H-pyrrole nitrogens is 1. The Bertz CT molecular complexity index is 1270. The summed E-state index contributed by atoms with van der Waals surface area (Å²) >= 11 is 0. The monoisotopic (exact) mass is 461 g/mol. The van der Waals surface area contributed by atoms with Gasteiger partial charge in [0, 0.05) is 62.8 Å². The molecule has 178 valence electrons. The third-order valence-electron chi connectivity index (χ3n) is 7.12. The van der Waals surface area contributed by atoms with Crippen LogP contribution in [0.15, 0.2) is 30.9 Å². The number of piperidine rings is 1. The highest BCUT2D eigenvalue weighted by molar-refractivity contribution is 5.91. The van der Waals surface area contributed by atoms with Crippen LogP contribution in [0.25, 0.3) is 33.7 Å². The van der Waals surface area contributed by atoms with E-state index in [0.717, 1.165) is 98.3 Å². The maximum absolute atomic E-state index is 5.49. The van der Waals surface area contributed by atoms with Gasteiger partial charge in [-0.2, -0.15) is 10.2 Å². The van der Waals surface area contributed by atoms with Crippen molar-refractivity contribution in [3.63, 3.8) is 0 Å². The van der Waals surface area contributed by atoms with Gasteiger partial charge < -0.3 is 19.5 Å². The molecule has 4 aromatic heterocycles. The number of hydrogen-bond acceptors (Lipinski definition) is 7. The average molecular weight is 462 g/mol. The summed E-state index contributed by atoms with van der Waals surface area (Å²) in [5.74, 6) is 1.07. The molecule has 10 nitrogen and oxygen atoms in total. The largest absolute Gasteiger partial charge is 0.378 e. The van der Waals surface area contributed by atoms with Crippen molar-refractivity contribution < 1.29 is 4.74 Å². The van der Waals surface area contributed by atoms with Crippen LogP contribution in [-0.2, 0) is 11.8 Å². The molecule has 6 rings (SSSR count). The number of aromatic nitrogens is 7. The Labute approximate surface area is 198 Å². The summed E-state index contributed by atoms with van der Waals surface area (Å²) in [5, 5.41) is 9.43. The van der Waals surface area contributed by atoms with E-state index in [0.29, 0.717) is 6.04 Å². The van der Waals surface area contributed by atoms with Gasteiger partial charge in [0.25, 0.3) is 0 Å². The van der Waals surface area contributed by atoms with Crippen LogP contribution in [0.3, 0.4) is 0 Å². The predicted octanol–water partition coefficient (Wildman–Crippen LogP) is 2.72. The van der Waals surface area contributed by atoms with E-state index >= 15 is 0 Å². The molecule has 0 amide bonds. The Hall–Kier alpha value is -3.24. The van der Waals surface area contributed by atoms with Gasteiger partial charge in [0.1, 0.15) is 22.7 Å². The van der Waals surface area contributed by atoms with Gasteiger partial charge in [0.2, 0.25) is 0 Å². The van der Waals surface area contributed by atoms with Crippen LogP contribution in [0.5, 0.6) is 0 Å². The highest BCUT2D eigenvalue weighted by Gasteiger charge is 2.22. The smallest absolute Gasteiger partial charge is 0.156 e. The number of hydrogen-bond donors (Lipinski definition) is 1. The van der Waals surface area contributed by atoms with E-state index in [1.54, 1.807) is 6.20 Å². The van der Waals surface area contributed by atoms with Gasteiger partial charge in [-0.05, 0) is 19.4 Å². The quantitative estimate of drug-likeness (QED) is 0.488. The first-order valence-corrected chi connectivity index (χ1v) is 12.2. The van der Waals surface area contributed by atoms with Gasteiger partial charge in [0.05, 0.1) is 31.6 Å². The molecule has 34 heavy (non-hydrogen) atoms.